The van der Waals surface area contributed by atoms with Crippen LogP contribution in [0.15, 0.2) is 30.3 Å². The second-order valence-electron chi connectivity index (χ2n) is 3.35. The predicted octanol–water partition coefficient (Wildman–Crippen LogP) is 0.515. The zero-order valence-electron chi connectivity index (χ0n) is 9.53. The molecule has 0 atom stereocenters. The molecule has 1 aromatic rings. The fourth-order valence-corrected chi connectivity index (χ4v) is 1.40. The molecule has 84 valence electrons. The van der Waals surface area contributed by atoms with Crippen LogP contribution in [-0.2, 0) is 20.6 Å². The van der Waals surface area contributed by atoms with Crippen LogP contribution in [0.25, 0.3) is 0 Å². The topological polar surface area (TPSA) is 27.7 Å². The number of hydrogen-bond donors (Lipinski definition) is 0. The van der Waals surface area contributed by atoms with E-state index < -0.39 is 5.60 Å². The van der Waals surface area contributed by atoms with Gasteiger partial charge in [-0.15, -0.1) is 0 Å². The Kier molecular flexibility index (Phi) is 4.97. The van der Waals surface area contributed by atoms with E-state index in [0.29, 0.717) is 16.8 Å². The summed E-state index contributed by atoms with van der Waals surface area (Å²) in [6.45, 7) is 0.606. The van der Waals surface area contributed by atoms with E-state index >= 15 is 0 Å². The van der Waals surface area contributed by atoms with Crippen LogP contribution in [0, 0.1) is 0 Å². The highest BCUT2D eigenvalue weighted by atomic mass is 28.1. The Hall–Kier alpha value is -0.683. The predicted molar refractivity (Wildman–Crippen MR) is 62.8 cm³/mol. The third-order valence-electron chi connectivity index (χ3n) is 2.34. The minimum atomic E-state index is -0.797. The van der Waals surface area contributed by atoms with Crippen molar-refractivity contribution >= 4 is 10.2 Å². The van der Waals surface area contributed by atoms with Gasteiger partial charge in [-0.2, -0.15) is 0 Å². The molecule has 1 aromatic carbocycles. The lowest BCUT2D eigenvalue weighted by molar-refractivity contribution is -0.303. The van der Waals surface area contributed by atoms with Crippen molar-refractivity contribution in [3.05, 3.63) is 35.9 Å². The van der Waals surface area contributed by atoms with Crippen molar-refractivity contribution in [3.8, 4) is 0 Å². The van der Waals surface area contributed by atoms with Crippen LogP contribution in [0.2, 0.25) is 0 Å². The number of benzene rings is 1. The van der Waals surface area contributed by atoms with Crippen LogP contribution in [-0.4, -0.2) is 36.7 Å². The van der Waals surface area contributed by atoms with Gasteiger partial charge in [-0.3, -0.25) is 0 Å². The summed E-state index contributed by atoms with van der Waals surface area (Å²) in [5.41, 5.74) is 0.461. The van der Waals surface area contributed by atoms with Gasteiger partial charge in [-0.25, -0.2) is 0 Å². The first kappa shape index (κ1) is 12.4. The van der Waals surface area contributed by atoms with Crippen LogP contribution >= 0.6 is 0 Å². The zero-order chi connectivity index (χ0) is 11.1. The molecule has 3 nitrogen and oxygen atoms in total. The molecular weight excluding hydrogens is 208 g/mol. The van der Waals surface area contributed by atoms with Crippen molar-refractivity contribution in [2.75, 3.05) is 20.8 Å². The van der Waals surface area contributed by atoms with Crippen molar-refractivity contribution in [3.63, 3.8) is 0 Å². The van der Waals surface area contributed by atoms with Crippen LogP contribution in [0.3, 0.4) is 0 Å². The van der Waals surface area contributed by atoms with Gasteiger partial charge in [0.1, 0.15) is 10.2 Å². The highest BCUT2D eigenvalue weighted by molar-refractivity contribution is 6.12. The maximum atomic E-state index is 5.55. The highest BCUT2D eigenvalue weighted by Gasteiger charge is 2.22. The molecular formula is C11H18O3Si. The molecule has 0 unspecified atom stereocenters. The maximum absolute atomic E-state index is 5.55. The summed E-state index contributed by atoms with van der Waals surface area (Å²) >= 11 is 0. The highest BCUT2D eigenvalue weighted by Crippen LogP contribution is 2.09. The van der Waals surface area contributed by atoms with Crippen molar-refractivity contribution in [2.24, 2.45) is 0 Å². The minimum absolute atomic E-state index is 0.606. The number of rotatable bonds is 6. The van der Waals surface area contributed by atoms with E-state index in [1.54, 1.807) is 14.2 Å². The van der Waals surface area contributed by atoms with Crippen molar-refractivity contribution in [2.45, 2.75) is 12.0 Å². The van der Waals surface area contributed by atoms with E-state index in [1.165, 1.54) is 5.56 Å². The van der Waals surface area contributed by atoms with Gasteiger partial charge in [0.25, 0.3) is 0 Å². The van der Waals surface area contributed by atoms with Crippen LogP contribution in [0.5, 0.6) is 0 Å². The molecule has 0 aromatic heterocycles. The van der Waals surface area contributed by atoms with Gasteiger partial charge in [0.15, 0.2) is 0 Å². The quantitative estimate of drug-likeness (QED) is 0.523. The monoisotopic (exact) mass is 226 g/mol. The van der Waals surface area contributed by atoms with Gasteiger partial charge >= 0.3 is 0 Å². The average Bonchev–Trinajstić information content (AvgIpc) is 2.30. The van der Waals surface area contributed by atoms with E-state index in [9.17, 15) is 0 Å². The van der Waals surface area contributed by atoms with Crippen LogP contribution in [0.1, 0.15) is 5.56 Å². The smallest absolute Gasteiger partial charge is 0.244 e. The van der Waals surface area contributed by atoms with Gasteiger partial charge in [0.2, 0.25) is 5.60 Å². The number of hydrogen-bond acceptors (Lipinski definition) is 3. The normalized spacial score (nSPS) is 11.9. The first-order valence-electron chi connectivity index (χ1n) is 4.98. The molecule has 0 bridgehead atoms. The summed E-state index contributed by atoms with van der Waals surface area (Å²) in [4.78, 5) is 0. The minimum Gasteiger partial charge on any atom is -0.336 e. The van der Waals surface area contributed by atoms with E-state index in [2.05, 4.69) is 12.1 Å². The summed E-state index contributed by atoms with van der Waals surface area (Å²) in [6.07, 6.45) is 0.873. The molecule has 4 heteroatoms. The van der Waals surface area contributed by atoms with Crippen LogP contribution < -0.4 is 0 Å². The Balaban J connectivity index is 2.33. The van der Waals surface area contributed by atoms with E-state index in [0.717, 1.165) is 6.42 Å². The molecule has 0 heterocycles. The Bertz CT molecular complexity index is 272. The van der Waals surface area contributed by atoms with E-state index in [-0.39, 0.29) is 0 Å². The van der Waals surface area contributed by atoms with Gasteiger partial charge in [0.05, 0.1) is 6.61 Å². The van der Waals surface area contributed by atoms with Gasteiger partial charge in [-0.05, 0) is 12.0 Å². The SMILES string of the molecule is COC([SiH3])(OC)OCCc1ccccc1. The standard InChI is InChI=1S/C11H18O3Si/c1-12-11(15,13-2)14-9-8-10-6-4-3-5-7-10/h3-7H,8-9H2,1-2,15H3. The molecule has 0 radical (unpaired) electrons. The van der Waals surface area contributed by atoms with Gasteiger partial charge < -0.3 is 14.2 Å². The molecule has 1 rings (SSSR count). The van der Waals surface area contributed by atoms with Crippen molar-refractivity contribution in [1.29, 1.82) is 0 Å². The molecule has 0 saturated heterocycles. The lowest BCUT2D eigenvalue weighted by Crippen LogP contribution is -2.38. The van der Waals surface area contributed by atoms with Gasteiger partial charge in [0, 0.05) is 14.2 Å². The van der Waals surface area contributed by atoms with E-state index in [4.69, 9.17) is 14.2 Å². The Morgan fingerprint density at radius 1 is 1.13 bits per heavy atom. The molecule has 0 aliphatic rings. The number of ether oxygens (including phenoxy) is 3. The lowest BCUT2D eigenvalue weighted by atomic mass is 10.2. The van der Waals surface area contributed by atoms with E-state index in [1.807, 2.05) is 18.2 Å². The average molecular weight is 226 g/mol. The molecule has 0 amide bonds. The first-order valence-corrected chi connectivity index (χ1v) is 5.98. The Labute approximate surface area is 93.8 Å². The summed E-state index contributed by atoms with van der Waals surface area (Å²) in [5, 5.41) is 0. The molecule has 0 spiro atoms. The third kappa shape index (κ3) is 4.13. The second-order valence-corrected chi connectivity index (χ2v) is 4.58. The molecule has 0 fully saturated rings. The molecule has 15 heavy (non-hydrogen) atoms. The summed E-state index contributed by atoms with van der Waals surface area (Å²) in [7, 11) is 3.87. The molecule has 0 aliphatic carbocycles. The van der Waals surface area contributed by atoms with Crippen molar-refractivity contribution in [1.82, 2.24) is 0 Å². The zero-order valence-corrected chi connectivity index (χ0v) is 11.5. The van der Waals surface area contributed by atoms with Crippen molar-refractivity contribution < 1.29 is 14.2 Å². The summed E-state index contributed by atoms with van der Waals surface area (Å²) < 4.78 is 15.8. The fraction of sp³-hybridized carbons (Fsp3) is 0.455. The van der Waals surface area contributed by atoms with Gasteiger partial charge in [-0.1, -0.05) is 30.3 Å². The Morgan fingerprint density at radius 3 is 2.27 bits per heavy atom. The lowest BCUT2D eigenvalue weighted by Gasteiger charge is -2.26. The fourth-order valence-electron chi connectivity index (χ4n) is 1.20. The molecule has 0 N–H and O–H groups in total. The number of methoxy groups -OCH3 is 2. The largest absolute Gasteiger partial charge is 0.336 e. The van der Waals surface area contributed by atoms with Crippen LogP contribution in [0.4, 0.5) is 0 Å². The first-order chi connectivity index (χ1) is 7.20. The Morgan fingerprint density at radius 2 is 1.73 bits per heavy atom. The summed E-state index contributed by atoms with van der Waals surface area (Å²) in [6, 6.07) is 10.2. The summed E-state index contributed by atoms with van der Waals surface area (Å²) in [5.74, 6) is 0. The molecule has 0 aliphatic heterocycles. The second kappa shape index (κ2) is 6.02. The maximum Gasteiger partial charge on any atom is 0.244 e. The molecule has 0 saturated carbocycles. The third-order valence-corrected chi connectivity index (χ3v) is 3.44.